The molecule has 1 heterocycles. The van der Waals surface area contributed by atoms with Crippen LogP contribution >= 0.6 is 0 Å². The lowest BCUT2D eigenvalue weighted by molar-refractivity contribution is -0.301. The molecule has 6 atom stereocenters. The van der Waals surface area contributed by atoms with Gasteiger partial charge in [0.1, 0.15) is 18.8 Å². The van der Waals surface area contributed by atoms with Gasteiger partial charge in [-0.25, -0.2) is 4.79 Å². The summed E-state index contributed by atoms with van der Waals surface area (Å²) in [6.07, 6.45) is 46.5. The van der Waals surface area contributed by atoms with Crippen LogP contribution in [0, 0.1) is 0 Å². The van der Waals surface area contributed by atoms with E-state index in [1.54, 1.807) is 0 Å². The van der Waals surface area contributed by atoms with Crippen LogP contribution in [-0.2, 0) is 42.9 Å². The number of aliphatic carboxylic acids is 1. The number of allylic oxidation sites excluding steroid dienone is 8. The molecule has 3 N–H and O–H groups in total. The third kappa shape index (κ3) is 39.7. The largest absolute Gasteiger partial charge is 0.479 e. The average Bonchev–Trinajstić information content (AvgIpc) is 3.37. The molecule has 0 aromatic rings. The Kier molecular flexibility index (Phi) is 45.9. The van der Waals surface area contributed by atoms with Crippen LogP contribution < -0.4 is 0 Å². The molecule has 1 aliphatic heterocycles. The lowest BCUT2D eigenvalue weighted by atomic mass is 9.98. The third-order valence-corrected chi connectivity index (χ3v) is 13.4. The summed E-state index contributed by atoms with van der Waals surface area (Å²) in [4.78, 5) is 51.1. The molecule has 1 aliphatic rings. The van der Waals surface area contributed by atoms with Gasteiger partial charge in [-0.1, -0.05) is 217 Å². The van der Waals surface area contributed by atoms with Crippen LogP contribution in [0.15, 0.2) is 48.6 Å². The van der Waals surface area contributed by atoms with Crippen LogP contribution in [0.5, 0.6) is 0 Å². The van der Waals surface area contributed by atoms with E-state index in [0.29, 0.717) is 19.3 Å². The van der Waals surface area contributed by atoms with Gasteiger partial charge in [0, 0.05) is 19.3 Å². The number of esters is 3. The minimum Gasteiger partial charge on any atom is -0.479 e. The second-order valence-electron chi connectivity index (χ2n) is 20.3. The Bertz CT molecular complexity index is 1460. The molecule has 0 amide bonds. The van der Waals surface area contributed by atoms with Crippen molar-refractivity contribution in [3.8, 4) is 0 Å². The van der Waals surface area contributed by atoms with E-state index in [0.717, 1.165) is 116 Å². The fourth-order valence-corrected chi connectivity index (χ4v) is 8.85. The first-order valence-corrected chi connectivity index (χ1v) is 29.6. The summed E-state index contributed by atoms with van der Waals surface area (Å²) in [7, 11) is 0. The van der Waals surface area contributed by atoms with E-state index in [1.165, 1.54) is 89.9 Å². The van der Waals surface area contributed by atoms with Gasteiger partial charge in [0.15, 0.2) is 24.6 Å². The maximum atomic E-state index is 13.1. The van der Waals surface area contributed by atoms with Crippen molar-refractivity contribution in [1.82, 2.24) is 0 Å². The normalized spacial score (nSPS) is 18.6. The number of carboxylic acid groups (broad SMARTS) is 1. The summed E-state index contributed by atoms with van der Waals surface area (Å²) in [6, 6.07) is 0. The summed E-state index contributed by atoms with van der Waals surface area (Å²) in [5, 5.41) is 31.4. The Labute approximate surface area is 443 Å². The second kappa shape index (κ2) is 49.6. The second-order valence-corrected chi connectivity index (χ2v) is 20.3. The van der Waals surface area contributed by atoms with E-state index in [4.69, 9.17) is 23.7 Å². The predicted molar refractivity (Wildman–Crippen MR) is 294 cm³/mol. The van der Waals surface area contributed by atoms with Crippen LogP contribution in [0.4, 0.5) is 0 Å². The highest BCUT2D eigenvalue weighted by Gasteiger charge is 2.50. The Hall–Kier alpha value is -3.32. The first-order valence-electron chi connectivity index (χ1n) is 29.6. The van der Waals surface area contributed by atoms with Gasteiger partial charge < -0.3 is 39.0 Å². The maximum absolute atomic E-state index is 13.1. The van der Waals surface area contributed by atoms with Gasteiger partial charge in [0.25, 0.3) is 0 Å². The van der Waals surface area contributed by atoms with E-state index in [1.807, 2.05) is 0 Å². The molecule has 6 unspecified atom stereocenters. The standard InChI is InChI=1S/C61H106O12/c1-4-7-10-13-16-19-22-25-26-27-28-31-32-35-38-41-44-47-53(62)69-50-52(71-54(63)48-45-42-39-36-33-29-23-20-17-14-11-8-5-2)51-70-61-59(57(66)56(65)58(73-61)60(67)68)72-55(64)49-46-43-40-37-34-30-24-21-18-15-12-9-6-3/h7,10,16,19-20,23,25-26,52,56-59,61,65-66H,4-6,8-9,11-15,17-18,21-22,24,27-51H2,1-3H3,(H,67,68)/b10-7-,19-16-,23-20-,26-25-. The maximum Gasteiger partial charge on any atom is 0.335 e. The molecule has 422 valence electrons. The first kappa shape index (κ1) is 67.7. The van der Waals surface area contributed by atoms with Gasteiger partial charge in [-0.15, -0.1) is 0 Å². The van der Waals surface area contributed by atoms with Gasteiger partial charge in [-0.3, -0.25) is 14.4 Å². The number of carbonyl (C=O) groups excluding carboxylic acids is 3. The lowest BCUT2D eigenvalue weighted by Crippen LogP contribution is -2.61. The predicted octanol–water partition coefficient (Wildman–Crippen LogP) is 15.0. The molecule has 0 aromatic heterocycles. The van der Waals surface area contributed by atoms with Crippen molar-refractivity contribution in [2.45, 2.75) is 302 Å². The Morgan fingerprint density at radius 3 is 1.34 bits per heavy atom. The van der Waals surface area contributed by atoms with Crippen molar-refractivity contribution in [2.75, 3.05) is 13.2 Å². The number of hydrogen-bond donors (Lipinski definition) is 3. The fraction of sp³-hybridized carbons (Fsp3) is 0.803. The quantitative estimate of drug-likeness (QED) is 0.0228. The van der Waals surface area contributed by atoms with E-state index in [2.05, 4.69) is 69.4 Å². The van der Waals surface area contributed by atoms with Gasteiger partial charge >= 0.3 is 23.9 Å². The van der Waals surface area contributed by atoms with Crippen molar-refractivity contribution in [2.24, 2.45) is 0 Å². The van der Waals surface area contributed by atoms with Crippen LogP contribution in [0.25, 0.3) is 0 Å². The van der Waals surface area contributed by atoms with Gasteiger partial charge in [-0.2, -0.15) is 0 Å². The van der Waals surface area contributed by atoms with Gasteiger partial charge in [-0.05, 0) is 77.0 Å². The molecule has 0 aliphatic carbocycles. The Morgan fingerprint density at radius 2 is 0.863 bits per heavy atom. The lowest BCUT2D eigenvalue weighted by Gasteiger charge is -2.40. The summed E-state index contributed by atoms with van der Waals surface area (Å²) in [6.45, 7) is 5.86. The Balaban J connectivity index is 2.69. The minimum atomic E-state index is -1.90. The fourth-order valence-electron chi connectivity index (χ4n) is 8.85. The molecule has 73 heavy (non-hydrogen) atoms. The van der Waals surface area contributed by atoms with Gasteiger partial charge in [0.05, 0.1) is 6.61 Å². The number of carbonyl (C=O) groups is 4. The number of ether oxygens (including phenoxy) is 5. The number of aliphatic hydroxyl groups excluding tert-OH is 2. The zero-order chi connectivity index (χ0) is 53.3. The van der Waals surface area contributed by atoms with Crippen molar-refractivity contribution >= 4 is 23.9 Å². The molecule has 0 spiro atoms. The Morgan fingerprint density at radius 1 is 0.466 bits per heavy atom. The van der Waals surface area contributed by atoms with Crippen LogP contribution in [0.1, 0.15) is 265 Å². The van der Waals surface area contributed by atoms with E-state index < -0.39 is 67.3 Å². The third-order valence-electron chi connectivity index (χ3n) is 13.4. The van der Waals surface area contributed by atoms with Crippen LogP contribution in [0.3, 0.4) is 0 Å². The molecule has 12 nitrogen and oxygen atoms in total. The van der Waals surface area contributed by atoms with E-state index >= 15 is 0 Å². The smallest absolute Gasteiger partial charge is 0.335 e. The van der Waals surface area contributed by atoms with Crippen molar-refractivity contribution in [3.05, 3.63) is 48.6 Å². The molecule has 1 saturated heterocycles. The summed E-state index contributed by atoms with van der Waals surface area (Å²) < 4.78 is 28.4. The monoisotopic (exact) mass is 1030 g/mol. The number of aliphatic hydroxyl groups is 2. The number of rotatable bonds is 50. The summed E-state index contributed by atoms with van der Waals surface area (Å²) >= 11 is 0. The molecule has 0 radical (unpaired) electrons. The molecule has 0 saturated carbocycles. The highest BCUT2D eigenvalue weighted by Crippen LogP contribution is 2.26. The number of carboxylic acids is 1. The van der Waals surface area contributed by atoms with Crippen molar-refractivity contribution in [1.29, 1.82) is 0 Å². The summed E-state index contributed by atoms with van der Waals surface area (Å²) in [5.41, 5.74) is 0. The zero-order valence-corrected chi connectivity index (χ0v) is 46.4. The SMILES string of the molecule is CC/C=C\C/C=C\C/C=C\CCCCCCCCCC(=O)OCC(COC1OC(C(=O)O)C(O)C(O)C1OC(=O)CCCCCCCCCCCCCCC)OC(=O)CCCCCCC/C=C\CCCCCC. The van der Waals surface area contributed by atoms with E-state index in [9.17, 15) is 34.5 Å². The van der Waals surface area contributed by atoms with Gasteiger partial charge in [0.2, 0.25) is 0 Å². The highest BCUT2D eigenvalue weighted by atomic mass is 16.7. The molecular formula is C61H106O12. The molecule has 0 bridgehead atoms. The molecular weight excluding hydrogens is 925 g/mol. The minimum absolute atomic E-state index is 0.0623. The molecule has 1 rings (SSSR count). The van der Waals surface area contributed by atoms with E-state index in [-0.39, 0.29) is 25.9 Å². The average molecular weight is 1030 g/mol. The topological polar surface area (TPSA) is 175 Å². The number of hydrogen-bond acceptors (Lipinski definition) is 11. The van der Waals surface area contributed by atoms with Crippen molar-refractivity contribution < 1.29 is 58.2 Å². The number of unbranched alkanes of at least 4 members (excludes halogenated alkanes) is 28. The van der Waals surface area contributed by atoms with Crippen molar-refractivity contribution in [3.63, 3.8) is 0 Å². The highest BCUT2D eigenvalue weighted by molar-refractivity contribution is 5.74. The summed E-state index contributed by atoms with van der Waals surface area (Å²) in [5.74, 6) is -3.13. The van der Waals surface area contributed by atoms with Crippen LogP contribution in [-0.4, -0.2) is 89.2 Å². The molecule has 12 heteroatoms. The molecule has 0 aromatic carbocycles. The molecule has 1 fully saturated rings. The van der Waals surface area contributed by atoms with Crippen LogP contribution in [0.2, 0.25) is 0 Å². The first-order chi connectivity index (χ1) is 35.6. The zero-order valence-electron chi connectivity index (χ0n) is 46.4.